The van der Waals surface area contributed by atoms with Crippen molar-refractivity contribution in [3.8, 4) is 0 Å². The summed E-state index contributed by atoms with van der Waals surface area (Å²) in [6, 6.07) is 7.32. The summed E-state index contributed by atoms with van der Waals surface area (Å²) in [6.07, 6.45) is 6.22. The molecule has 3 heteroatoms. The van der Waals surface area contributed by atoms with E-state index < -0.39 is 0 Å². The third kappa shape index (κ3) is 4.88. The Morgan fingerprint density at radius 3 is 2.55 bits per heavy atom. The zero-order chi connectivity index (χ0) is 14.2. The summed E-state index contributed by atoms with van der Waals surface area (Å²) in [5.41, 5.74) is 1.21. The molecule has 1 unspecified atom stereocenters. The number of halogens is 1. The first-order chi connectivity index (χ1) is 9.79. The molecule has 0 spiro atoms. The summed E-state index contributed by atoms with van der Waals surface area (Å²) in [5.74, 6) is -0.153. The maximum atomic E-state index is 13.0. The highest BCUT2D eigenvalue weighted by atomic mass is 19.1. The molecule has 1 aromatic carbocycles. The summed E-state index contributed by atoms with van der Waals surface area (Å²) in [6.45, 7) is 6.86. The number of hydrogen-bond acceptors (Lipinski definition) is 2. The van der Waals surface area contributed by atoms with Crippen LogP contribution in [-0.2, 0) is 0 Å². The van der Waals surface area contributed by atoms with Crippen molar-refractivity contribution in [1.82, 2.24) is 10.2 Å². The van der Waals surface area contributed by atoms with Gasteiger partial charge in [-0.2, -0.15) is 0 Å². The molecule has 0 aromatic heterocycles. The Balaban J connectivity index is 1.84. The van der Waals surface area contributed by atoms with Gasteiger partial charge >= 0.3 is 0 Å². The molecule has 1 N–H and O–H groups in total. The highest BCUT2D eigenvalue weighted by molar-refractivity contribution is 5.19. The summed E-state index contributed by atoms with van der Waals surface area (Å²) in [7, 11) is 0. The van der Waals surface area contributed by atoms with Crippen LogP contribution in [0.15, 0.2) is 24.3 Å². The molecule has 1 aliphatic heterocycles. The Kier molecular flexibility index (Phi) is 6.48. The average Bonchev–Trinajstić information content (AvgIpc) is 2.97. The van der Waals surface area contributed by atoms with Gasteiger partial charge in [0.05, 0.1) is 0 Å². The molecule has 20 heavy (non-hydrogen) atoms. The zero-order valence-corrected chi connectivity index (χ0v) is 12.6. The van der Waals surface area contributed by atoms with E-state index >= 15 is 0 Å². The lowest BCUT2D eigenvalue weighted by Crippen LogP contribution is -2.32. The molecule has 1 aliphatic rings. The average molecular weight is 278 g/mol. The van der Waals surface area contributed by atoms with E-state index in [1.807, 2.05) is 12.1 Å². The maximum absolute atomic E-state index is 13.0. The molecule has 2 nitrogen and oxygen atoms in total. The van der Waals surface area contributed by atoms with E-state index in [0.717, 1.165) is 19.5 Å². The summed E-state index contributed by atoms with van der Waals surface area (Å²) in [5, 5.41) is 3.65. The molecule has 0 saturated carbocycles. The Morgan fingerprint density at radius 2 is 1.90 bits per heavy atom. The maximum Gasteiger partial charge on any atom is 0.123 e. The molecule has 112 valence electrons. The van der Waals surface area contributed by atoms with Gasteiger partial charge in [0, 0.05) is 19.1 Å². The van der Waals surface area contributed by atoms with E-state index in [4.69, 9.17) is 0 Å². The summed E-state index contributed by atoms with van der Waals surface area (Å²) in [4.78, 5) is 2.52. The number of likely N-dealkylation sites (tertiary alicyclic amines) is 1. The van der Waals surface area contributed by atoms with Gasteiger partial charge in [0.2, 0.25) is 0 Å². The molecule has 1 atom stereocenters. The van der Waals surface area contributed by atoms with Gasteiger partial charge < -0.3 is 10.2 Å². The molecular weight excluding hydrogens is 251 g/mol. The third-order valence-corrected chi connectivity index (χ3v) is 4.14. The predicted molar refractivity (Wildman–Crippen MR) is 82.3 cm³/mol. The Bertz CT molecular complexity index is 371. The number of unbranched alkanes of at least 4 members (excludes halogenated alkanes) is 1. The molecule has 2 rings (SSSR count). The zero-order valence-electron chi connectivity index (χ0n) is 12.6. The van der Waals surface area contributed by atoms with Crippen LogP contribution in [-0.4, -0.2) is 31.1 Å². The van der Waals surface area contributed by atoms with Crippen LogP contribution < -0.4 is 5.32 Å². The number of rotatable bonds is 8. The summed E-state index contributed by atoms with van der Waals surface area (Å²) < 4.78 is 13.0. The first-order valence-electron chi connectivity index (χ1n) is 8.01. The Hall–Kier alpha value is -0.930. The van der Waals surface area contributed by atoms with Crippen molar-refractivity contribution in [2.75, 3.05) is 26.2 Å². The molecule has 1 fully saturated rings. The minimum absolute atomic E-state index is 0.153. The highest BCUT2D eigenvalue weighted by Crippen LogP contribution is 2.19. The minimum Gasteiger partial charge on any atom is -0.309 e. The van der Waals surface area contributed by atoms with Crippen molar-refractivity contribution in [2.24, 2.45) is 0 Å². The quantitative estimate of drug-likeness (QED) is 0.779. The molecule has 0 amide bonds. The van der Waals surface area contributed by atoms with Crippen molar-refractivity contribution < 1.29 is 4.39 Å². The lowest BCUT2D eigenvalue weighted by atomic mass is 10.0. The fourth-order valence-corrected chi connectivity index (χ4v) is 2.89. The van der Waals surface area contributed by atoms with Crippen molar-refractivity contribution in [3.05, 3.63) is 35.6 Å². The van der Waals surface area contributed by atoms with Crippen LogP contribution in [0, 0.1) is 5.82 Å². The van der Waals surface area contributed by atoms with Crippen molar-refractivity contribution in [1.29, 1.82) is 0 Å². The van der Waals surface area contributed by atoms with Crippen molar-refractivity contribution in [2.45, 2.75) is 45.1 Å². The molecule has 1 saturated heterocycles. The van der Waals surface area contributed by atoms with Gasteiger partial charge in [0.1, 0.15) is 5.82 Å². The number of benzene rings is 1. The van der Waals surface area contributed by atoms with Crippen LogP contribution in [0.25, 0.3) is 0 Å². The second kappa shape index (κ2) is 8.38. The first-order valence-corrected chi connectivity index (χ1v) is 8.01. The number of nitrogens with one attached hydrogen (secondary N) is 1. The predicted octanol–water partition coefficient (Wildman–Crippen LogP) is 3.74. The monoisotopic (exact) mass is 278 g/mol. The van der Waals surface area contributed by atoms with E-state index in [1.165, 1.54) is 44.3 Å². The van der Waals surface area contributed by atoms with Gasteiger partial charge in [0.15, 0.2) is 0 Å². The molecule has 1 heterocycles. The fourth-order valence-electron chi connectivity index (χ4n) is 2.89. The highest BCUT2D eigenvalue weighted by Gasteiger charge is 2.13. The molecule has 1 aromatic rings. The van der Waals surface area contributed by atoms with Crippen LogP contribution >= 0.6 is 0 Å². The van der Waals surface area contributed by atoms with Crippen LogP contribution in [0.4, 0.5) is 4.39 Å². The molecule has 0 aliphatic carbocycles. The van der Waals surface area contributed by atoms with E-state index in [1.54, 1.807) is 12.1 Å². The fraction of sp³-hybridized carbons (Fsp3) is 0.647. The van der Waals surface area contributed by atoms with Gasteiger partial charge in [-0.25, -0.2) is 4.39 Å². The molecule has 0 radical (unpaired) electrons. The van der Waals surface area contributed by atoms with Crippen molar-refractivity contribution in [3.63, 3.8) is 0 Å². The SMILES string of the molecule is CCCCC(NCCN1CCCC1)c1ccc(F)cc1. The standard InChI is InChI=1S/C17H27FN2/c1-2-3-6-17(15-7-9-16(18)10-8-15)19-11-14-20-12-4-5-13-20/h7-10,17,19H,2-6,11-14H2,1H3. The Morgan fingerprint density at radius 1 is 1.20 bits per heavy atom. The van der Waals surface area contributed by atoms with Gasteiger partial charge in [0.25, 0.3) is 0 Å². The van der Waals surface area contributed by atoms with Gasteiger partial charge in [-0.15, -0.1) is 0 Å². The normalized spacial score (nSPS) is 17.5. The van der Waals surface area contributed by atoms with Crippen LogP contribution in [0.3, 0.4) is 0 Å². The van der Waals surface area contributed by atoms with Crippen LogP contribution in [0.5, 0.6) is 0 Å². The van der Waals surface area contributed by atoms with Crippen LogP contribution in [0.1, 0.15) is 50.6 Å². The van der Waals surface area contributed by atoms with Crippen molar-refractivity contribution >= 4 is 0 Å². The van der Waals surface area contributed by atoms with E-state index in [2.05, 4.69) is 17.1 Å². The van der Waals surface area contributed by atoms with E-state index in [9.17, 15) is 4.39 Å². The minimum atomic E-state index is -0.153. The number of nitrogens with zero attached hydrogens (tertiary/aromatic N) is 1. The second-order valence-corrected chi connectivity index (χ2v) is 5.75. The topological polar surface area (TPSA) is 15.3 Å². The van der Waals surface area contributed by atoms with E-state index in [0.29, 0.717) is 6.04 Å². The third-order valence-electron chi connectivity index (χ3n) is 4.14. The van der Waals surface area contributed by atoms with Crippen LogP contribution in [0.2, 0.25) is 0 Å². The molecular formula is C17H27FN2. The largest absolute Gasteiger partial charge is 0.309 e. The summed E-state index contributed by atoms with van der Waals surface area (Å²) >= 11 is 0. The van der Waals surface area contributed by atoms with Gasteiger partial charge in [-0.1, -0.05) is 31.9 Å². The van der Waals surface area contributed by atoms with E-state index in [-0.39, 0.29) is 5.82 Å². The Labute approximate surface area is 122 Å². The van der Waals surface area contributed by atoms with Gasteiger partial charge in [-0.05, 0) is 50.0 Å². The second-order valence-electron chi connectivity index (χ2n) is 5.75. The smallest absolute Gasteiger partial charge is 0.123 e. The lowest BCUT2D eigenvalue weighted by molar-refractivity contribution is 0.324. The lowest BCUT2D eigenvalue weighted by Gasteiger charge is -2.21. The first kappa shape index (κ1) is 15.5. The van der Waals surface area contributed by atoms with Gasteiger partial charge in [-0.3, -0.25) is 0 Å². The number of hydrogen-bond donors (Lipinski definition) is 1. The molecule has 0 bridgehead atoms.